The number of carbonyl (C=O) groups is 1. The van der Waals surface area contributed by atoms with Crippen molar-refractivity contribution in [1.29, 1.82) is 5.26 Å². The molecule has 2 rings (SSSR count). The van der Waals surface area contributed by atoms with E-state index in [0.29, 0.717) is 24.5 Å². The molecule has 0 aromatic heterocycles. The van der Waals surface area contributed by atoms with Crippen LogP contribution < -0.4 is 10.1 Å². The second kappa shape index (κ2) is 9.26. The average molecular weight is 391 g/mol. The predicted molar refractivity (Wildman–Crippen MR) is 95.4 cm³/mol. The first-order valence-electron chi connectivity index (χ1n) is 7.69. The molecule has 6 heteroatoms. The predicted octanol–water partition coefficient (Wildman–Crippen LogP) is 3.22. The topological polar surface area (TPSA) is 71.3 Å². The van der Waals surface area contributed by atoms with Gasteiger partial charge in [-0.25, -0.2) is 0 Å². The number of hydrogen-bond donors (Lipinski definition) is 1. The molecule has 1 aromatic carbocycles. The molecule has 1 saturated heterocycles. The molecule has 0 spiro atoms. The van der Waals surface area contributed by atoms with Crippen molar-refractivity contribution >= 4 is 27.9 Å². The van der Waals surface area contributed by atoms with Gasteiger partial charge in [0.2, 0.25) is 0 Å². The minimum absolute atomic E-state index is 0.0227. The molecule has 1 aromatic rings. The number of hydrogen-bond acceptors (Lipinski definition) is 4. The van der Waals surface area contributed by atoms with Gasteiger partial charge >= 0.3 is 0 Å². The second-order valence-electron chi connectivity index (χ2n) is 5.30. The van der Waals surface area contributed by atoms with E-state index >= 15 is 0 Å². The summed E-state index contributed by atoms with van der Waals surface area (Å²) in [5.41, 5.74) is 0.671. The Morgan fingerprint density at radius 3 is 3.08 bits per heavy atom. The first kappa shape index (κ1) is 18.2. The van der Waals surface area contributed by atoms with E-state index in [0.717, 1.165) is 23.9 Å². The van der Waals surface area contributed by atoms with E-state index in [1.165, 1.54) is 6.08 Å². The number of amides is 1. The maximum atomic E-state index is 12.2. The van der Waals surface area contributed by atoms with Gasteiger partial charge in [0.05, 0.1) is 6.10 Å². The Kier molecular flexibility index (Phi) is 7.04. The van der Waals surface area contributed by atoms with Crippen LogP contribution in [0.25, 0.3) is 6.08 Å². The number of rotatable bonds is 7. The first-order valence-corrected chi connectivity index (χ1v) is 8.48. The summed E-state index contributed by atoms with van der Waals surface area (Å²) in [5, 5.41) is 12.1. The van der Waals surface area contributed by atoms with Crippen LogP contribution in [0.3, 0.4) is 0 Å². The van der Waals surface area contributed by atoms with Crippen molar-refractivity contribution in [3.8, 4) is 11.8 Å². The van der Waals surface area contributed by atoms with Crippen LogP contribution in [0, 0.1) is 11.3 Å². The lowest BCUT2D eigenvalue weighted by Crippen LogP contribution is -2.32. The van der Waals surface area contributed by atoms with Gasteiger partial charge in [-0.2, -0.15) is 5.26 Å². The fourth-order valence-electron chi connectivity index (χ4n) is 2.32. The quantitative estimate of drug-likeness (QED) is 0.440. The summed E-state index contributed by atoms with van der Waals surface area (Å²) in [6.07, 6.45) is 5.12. The van der Waals surface area contributed by atoms with Crippen molar-refractivity contribution in [3.63, 3.8) is 0 Å². The van der Waals surface area contributed by atoms with E-state index in [1.54, 1.807) is 18.2 Å². The van der Waals surface area contributed by atoms with Crippen LogP contribution in [0.1, 0.15) is 18.4 Å². The van der Waals surface area contributed by atoms with Crippen molar-refractivity contribution in [2.45, 2.75) is 18.9 Å². The SMILES string of the molecule is C=CCOc1ccc(Br)cc1/C=C(\C#N)C(=O)NC[C@@H]1CCCO1. The lowest BCUT2D eigenvalue weighted by Gasteiger charge is -2.11. The summed E-state index contributed by atoms with van der Waals surface area (Å²) in [6.45, 7) is 5.09. The van der Waals surface area contributed by atoms with Gasteiger partial charge in [-0.05, 0) is 37.1 Å². The van der Waals surface area contributed by atoms with E-state index in [-0.39, 0.29) is 11.7 Å². The van der Waals surface area contributed by atoms with Crippen LogP contribution >= 0.6 is 15.9 Å². The Balaban J connectivity index is 2.13. The molecule has 0 aliphatic carbocycles. The minimum atomic E-state index is -0.414. The molecule has 0 unspecified atom stereocenters. The average Bonchev–Trinajstić information content (AvgIpc) is 3.10. The van der Waals surface area contributed by atoms with Gasteiger partial charge in [-0.3, -0.25) is 4.79 Å². The number of benzene rings is 1. The minimum Gasteiger partial charge on any atom is -0.489 e. The normalized spacial score (nSPS) is 17.2. The highest BCUT2D eigenvalue weighted by Gasteiger charge is 2.18. The highest BCUT2D eigenvalue weighted by molar-refractivity contribution is 9.10. The molecule has 1 fully saturated rings. The molecule has 1 aliphatic heterocycles. The van der Waals surface area contributed by atoms with Crippen molar-refractivity contribution in [2.24, 2.45) is 0 Å². The first-order chi connectivity index (χ1) is 11.6. The number of nitriles is 1. The highest BCUT2D eigenvalue weighted by Crippen LogP contribution is 2.25. The standard InChI is InChI=1S/C18H19BrN2O3/c1-2-7-24-17-6-5-15(19)10-13(17)9-14(11-20)18(22)21-12-16-4-3-8-23-16/h2,5-6,9-10,16H,1,3-4,7-8,12H2,(H,21,22)/b14-9+/t16-/m0/s1. The number of ether oxygens (including phenoxy) is 2. The number of carbonyl (C=O) groups excluding carboxylic acids is 1. The lowest BCUT2D eigenvalue weighted by molar-refractivity contribution is -0.117. The zero-order chi connectivity index (χ0) is 17.4. The lowest BCUT2D eigenvalue weighted by atomic mass is 10.1. The summed E-state index contributed by atoms with van der Waals surface area (Å²) in [4.78, 5) is 12.2. The van der Waals surface area contributed by atoms with Gasteiger partial charge in [0.15, 0.2) is 0 Å². The maximum Gasteiger partial charge on any atom is 0.262 e. The molecule has 1 N–H and O–H groups in total. The molecule has 0 saturated carbocycles. The number of nitrogens with zero attached hydrogens (tertiary/aromatic N) is 1. The number of nitrogens with one attached hydrogen (secondary N) is 1. The van der Waals surface area contributed by atoms with Crippen LogP contribution in [0.2, 0.25) is 0 Å². The highest BCUT2D eigenvalue weighted by atomic mass is 79.9. The molecule has 24 heavy (non-hydrogen) atoms. The summed E-state index contributed by atoms with van der Waals surface area (Å²) >= 11 is 3.38. The van der Waals surface area contributed by atoms with E-state index in [9.17, 15) is 10.1 Å². The molecule has 1 amide bonds. The summed E-state index contributed by atoms with van der Waals surface area (Å²) in [7, 11) is 0. The van der Waals surface area contributed by atoms with Gasteiger partial charge in [-0.15, -0.1) is 0 Å². The van der Waals surface area contributed by atoms with Crippen molar-refractivity contribution < 1.29 is 14.3 Å². The van der Waals surface area contributed by atoms with Crippen molar-refractivity contribution in [2.75, 3.05) is 19.8 Å². The van der Waals surface area contributed by atoms with Crippen LogP contribution in [0.4, 0.5) is 0 Å². The van der Waals surface area contributed by atoms with E-state index in [4.69, 9.17) is 9.47 Å². The largest absolute Gasteiger partial charge is 0.489 e. The van der Waals surface area contributed by atoms with Gasteiger partial charge in [0, 0.05) is 23.2 Å². The molecule has 126 valence electrons. The summed E-state index contributed by atoms with van der Waals surface area (Å²) in [6, 6.07) is 7.35. The smallest absolute Gasteiger partial charge is 0.262 e. The Bertz CT molecular complexity index is 673. The molecular formula is C18H19BrN2O3. The Morgan fingerprint density at radius 2 is 2.42 bits per heavy atom. The molecule has 1 atom stereocenters. The van der Waals surface area contributed by atoms with Crippen LogP contribution in [0.15, 0.2) is 40.9 Å². The van der Waals surface area contributed by atoms with Gasteiger partial charge in [-0.1, -0.05) is 28.6 Å². The third kappa shape index (κ3) is 5.22. The monoisotopic (exact) mass is 390 g/mol. The Labute approximate surface area is 150 Å². The zero-order valence-corrected chi connectivity index (χ0v) is 14.8. The van der Waals surface area contributed by atoms with Crippen LogP contribution in [-0.2, 0) is 9.53 Å². The molecule has 0 radical (unpaired) electrons. The van der Waals surface area contributed by atoms with Crippen LogP contribution in [0.5, 0.6) is 5.75 Å². The Morgan fingerprint density at radius 1 is 1.58 bits per heavy atom. The van der Waals surface area contributed by atoms with Crippen molar-refractivity contribution in [3.05, 3.63) is 46.5 Å². The second-order valence-corrected chi connectivity index (χ2v) is 6.21. The van der Waals surface area contributed by atoms with E-state index < -0.39 is 5.91 Å². The molecular weight excluding hydrogens is 372 g/mol. The maximum absolute atomic E-state index is 12.2. The zero-order valence-electron chi connectivity index (χ0n) is 13.3. The van der Waals surface area contributed by atoms with E-state index in [2.05, 4.69) is 27.8 Å². The molecule has 1 heterocycles. The summed E-state index contributed by atoms with van der Waals surface area (Å²) < 4.78 is 11.9. The van der Waals surface area contributed by atoms with Gasteiger partial charge in [0.1, 0.15) is 24.0 Å². The van der Waals surface area contributed by atoms with E-state index in [1.807, 2.05) is 12.1 Å². The Hall–Kier alpha value is -2.10. The fourth-order valence-corrected chi connectivity index (χ4v) is 2.70. The molecule has 0 bridgehead atoms. The number of halogens is 1. The fraction of sp³-hybridized carbons (Fsp3) is 0.333. The molecule has 5 nitrogen and oxygen atoms in total. The van der Waals surface area contributed by atoms with Gasteiger partial charge in [0.25, 0.3) is 5.91 Å². The third-order valence-electron chi connectivity index (χ3n) is 3.51. The third-order valence-corrected chi connectivity index (χ3v) is 4.00. The molecule has 1 aliphatic rings. The summed E-state index contributed by atoms with van der Waals surface area (Å²) in [5.74, 6) is 0.167. The van der Waals surface area contributed by atoms with Crippen LogP contribution in [-0.4, -0.2) is 31.8 Å². The van der Waals surface area contributed by atoms with Crippen molar-refractivity contribution in [1.82, 2.24) is 5.32 Å². The van der Waals surface area contributed by atoms with Gasteiger partial charge < -0.3 is 14.8 Å².